The van der Waals surface area contributed by atoms with Gasteiger partial charge in [-0.1, -0.05) is 72.8 Å². The van der Waals surface area contributed by atoms with Gasteiger partial charge in [-0.3, -0.25) is 19.2 Å². The number of carbonyl (C=O) groups is 4. The number of benzene rings is 4. The van der Waals surface area contributed by atoms with Crippen molar-refractivity contribution in [2.45, 2.75) is 84.7 Å². The molecule has 4 aromatic carbocycles. The van der Waals surface area contributed by atoms with Crippen LogP contribution in [0.25, 0.3) is 10.9 Å². The number of nitrogens with one attached hydrogen (secondary N) is 4. The highest BCUT2D eigenvalue weighted by Gasteiger charge is 2.79. The number of amides is 4. The molecule has 5 aromatic rings. The number of anilines is 3. The topological polar surface area (TPSA) is 131 Å². The molecule has 10 atom stereocenters. The van der Waals surface area contributed by atoms with Gasteiger partial charge in [0.15, 0.2) is 0 Å². The fourth-order valence-electron chi connectivity index (χ4n) is 13.7. The quantitative estimate of drug-likeness (QED) is 0.192. The van der Waals surface area contributed by atoms with E-state index in [0.717, 1.165) is 50.2 Å². The van der Waals surface area contributed by atoms with E-state index >= 15 is 14.4 Å². The standard InChI is InChI=1S/C44H36N8O4/c53-35-32-18-42-24-10-2-5-13-27(24)46-39(42)50(32)36(54)30(45-35)17-22-21-49(31-16-8-1-9-23(22)31)44-20-34-38(56)51-33(19-43(42)25-11-3-6-14-28(25)47-40(43)51)37(55)52(34)41(44)48-29-15-7-4-12-26(29)44/h1-16,21,30,32-34,39-41,46-48H,17-20H2,(H,45,53)/t30-,32-,33-,34-,39-,40-,41-,42?,43+,44-/m0/s1. The SMILES string of the molecule is O=C1N[C@H]2Cc3cn(c4ccccc34)[C@]34C[C@H]5C(=O)N6[C@@H](C[C@]7(c8ccccc8N[C@@H]67)C67C[C@@H]1N(C2=O)[C@@H]6Nc1ccccc17)C(=O)N5[C@@H]3Nc1ccccc14. The van der Waals surface area contributed by atoms with Gasteiger partial charge >= 0.3 is 0 Å². The molecule has 4 N–H and O–H groups in total. The maximum absolute atomic E-state index is 15.7. The first-order valence-corrected chi connectivity index (χ1v) is 19.8. The Bertz CT molecular complexity index is 2730. The lowest BCUT2D eigenvalue weighted by Crippen LogP contribution is -2.67. The molecule has 11 bridgehead atoms. The molecule has 0 saturated carbocycles. The van der Waals surface area contributed by atoms with Gasteiger partial charge in [-0.2, -0.15) is 0 Å². The van der Waals surface area contributed by atoms with Crippen LogP contribution < -0.4 is 21.3 Å². The largest absolute Gasteiger partial charge is 0.364 e. The minimum atomic E-state index is -0.876. The van der Waals surface area contributed by atoms with Gasteiger partial charge in [0.05, 0.1) is 10.8 Å². The van der Waals surface area contributed by atoms with E-state index in [2.05, 4.69) is 74.5 Å². The van der Waals surface area contributed by atoms with Gasteiger partial charge in [-0.25, -0.2) is 0 Å². The summed E-state index contributed by atoms with van der Waals surface area (Å²) >= 11 is 0. The first-order chi connectivity index (χ1) is 27.4. The van der Waals surface area contributed by atoms with Gasteiger partial charge in [-0.05, 0) is 53.8 Å². The Kier molecular flexibility index (Phi) is 5.02. The average Bonchev–Trinajstić information content (AvgIpc) is 4.06. The average molecular weight is 741 g/mol. The second-order valence-corrected chi connectivity index (χ2v) is 17.3. The van der Waals surface area contributed by atoms with Crippen molar-refractivity contribution < 1.29 is 19.2 Å². The van der Waals surface area contributed by atoms with Crippen LogP contribution in [0.1, 0.15) is 41.5 Å². The summed E-state index contributed by atoms with van der Waals surface area (Å²) in [6.07, 6.45) is 1.75. The Morgan fingerprint density at radius 1 is 0.518 bits per heavy atom. The molecule has 10 aliphatic rings. The number of nitrogens with zero attached hydrogens (tertiary/aromatic N) is 4. The number of aromatic nitrogens is 1. The first-order valence-electron chi connectivity index (χ1n) is 19.8. The number of para-hydroxylation sites is 4. The molecular weight excluding hydrogens is 705 g/mol. The summed E-state index contributed by atoms with van der Waals surface area (Å²) in [5.74, 6) is -0.447. The van der Waals surface area contributed by atoms with E-state index in [1.165, 1.54) is 0 Å². The summed E-state index contributed by atoms with van der Waals surface area (Å²) in [7, 11) is 0. The van der Waals surface area contributed by atoms with Crippen molar-refractivity contribution in [3.8, 4) is 0 Å². The van der Waals surface area contributed by atoms with Gasteiger partial charge in [0.2, 0.25) is 23.6 Å². The van der Waals surface area contributed by atoms with E-state index < -0.39 is 59.0 Å². The summed E-state index contributed by atoms with van der Waals surface area (Å²) in [4.78, 5) is 66.8. The van der Waals surface area contributed by atoms with Gasteiger partial charge in [0.25, 0.3) is 0 Å². The molecule has 0 aliphatic carbocycles. The third-order valence-electron chi connectivity index (χ3n) is 15.5. The maximum atomic E-state index is 15.7. The third kappa shape index (κ3) is 2.95. The molecule has 1 unspecified atom stereocenters. The normalized spacial score (nSPS) is 36.9. The lowest BCUT2D eigenvalue weighted by Gasteiger charge is -2.48. The van der Waals surface area contributed by atoms with E-state index in [-0.39, 0.29) is 23.6 Å². The van der Waals surface area contributed by atoms with Crippen LogP contribution in [-0.2, 0) is 42.0 Å². The zero-order valence-corrected chi connectivity index (χ0v) is 30.1. The van der Waals surface area contributed by atoms with Crippen LogP contribution in [-0.4, -0.2) is 85.6 Å². The Morgan fingerprint density at radius 2 is 1.04 bits per heavy atom. The highest BCUT2D eigenvalue weighted by atomic mass is 16.2. The minimum Gasteiger partial charge on any atom is -0.364 e. The molecule has 0 radical (unpaired) electrons. The van der Waals surface area contributed by atoms with Crippen molar-refractivity contribution in [3.63, 3.8) is 0 Å². The molecular formula is C44H36N8O4. The van der Waals surface area contributed by atoms with Gasteiger partial charge in [0.1, 0.15) is 48.2 Å². The van der Waals surface area contributed by atoms with Crippen LogP contribution in [0.15, 0.2) is 103 Å². The summed E-state index contributed by atoms with van der Waals surface area (Å²) in [5, 5.41) is 15.6. The van der Waals surface area contributed by atoms with Crippen LogP contribution in [0.4, 0.5) is 17.1 Å². The van der Waals surface area contributed by atoms with Crippen molar-refractivity contribution in [1.29, 1.82) is 0 Å². The number of hydrogen-bond acceptors (Lipinski definition) is 7. The fourth-order valence-corrected chi connectivity index (χ4v) is 13.7. The predicted molar refractivity (Wildman–Crippen MR) is 205 cm³/mol. The monoisotopic (exact) mass is 740 g/mol. The zero-order chi connectivity index (χ0) is 37.0. The first kappa shape index (κ1) is 30.0. The highest BCUT2D eigenvalue weighted by Crippen LogP contribution is 2.70. The van der Waals surface area contributed by atoms with Crippen LogP contribution in [0.2, 0.25) is 0 Å². The molecule has 12 nitrogen and oxygen atoms in total. The Hall–Kier alpha value is -6.30. The molecule has 276 valence electrons. The minimum absolute atomic E-state index is 0.0737. The van der Waals surface area contributed by atoms with Crippen LogP contribution in [0.3, 0.4) is 0 Å². The fraction of sp³-hybridized carbons (Fsp3) is 0.318. The number of piperazine rings is 2. The van der Waals surface area contributed by atoms with Crippen molar-refractivity contribution >= 4 is 51.6 Å². The summed E-state index contributed by atoms with van der Waals surface area (Å²) < 4.78 is 2.26. The van der Waals surface area contributed by atoms with Gasteiger partial charge in [0, 0.05) is 52.6 Å². The molecule has 5 fully saturated rings. The van der Waals surface area contributed by atoms with Crippen molar-refractivity contribution in [3.05, 3.63) is 126 Å². The summed E-state index contributed by atoms with van der Waals surface area (Å²) in [5.41, 5.74) is 5.11. The summed E-state index contributed by atoms with van der Waals surface area (Å²) in [6, 6.07) is 29.7. The molecule has 15 rings (SSSR count). The maximum Gasteiger partial charge on any atom is 0.247 e. The van der Waals surface area contributed by atoms with Crippen molar-refractivity contribution in [1.82, 2.24) is 24.6 Å². The summed E-state index contributed by atoms with van der Waals surface area (Å²) in [6.45, 7) is 0. The third-order valence-corrected chi connectivity index (χ3v) is 15.5. The number of hydrogen-bond donors (Lipinski definition) is 4. The molecule has 2 spiro atoms. The van der Waals surface area contributed by atoms with Crippen LogP contribution >= 0.6 is 0 Å². The zero-order valence-electron chi connectivity index (χ0n) is 30.1. The Morgan fingerprint density at radius 3 is 1.73 bits per heavy atom. The van der Waals surface area contributed by atoms with E-state index in [1.807, 2.05) is 69.3 Å². The molecule has 5 saturated heterocycles. The Labute approximate surface area is 320 Å². The lowest BCUT2D eigenvalue weighted by atomic mass is 9.54. The molecule has 11 heterocycles. The van der Waals surface area contributed by atoms with E-state index in [1.54, 1.807) is 0 Å². The molecule has 1 aromatic heterocycles. The second kappa shape index (κ2) is 9.38. The van der Waals surface area contributed by atoms with E-state index in [9.17, 15) is 4.79 Å². The molecule has 12 heteroatoms. The molecule has 10 aliphatic heterocycles. The molecule has 56 heavy (non-hydrogen) atoms. The van der Waals surface area contributed by atoms with Gasteiger partial charge < -0.3 is 40.5 Å². The highest BCUT2D eigenvalue weighted by molar-refractivity contribution is 6.03. The molecule has 4 amide bonds. The smallest absolute Gasteiger partial charge is 0.247 e. The van der Waals surface area contributed by atoms with E-state index in [4.69, 9.17) is 0 Å². The number of carbonyl (C=O) groups excluding carboxylic acids is 4. The van der Waals surface area contributed by atoms with E-state index in [0.29, 0.717) is 25.7 Å². The second-order valence-electron chi connectivity index (χ2n) is 17.3. The lowest BCUT2D eigenvalue weighted by molar-refractivity contribution is -0.160. The van der Waals surface area contributed by atoms with Crippen molar-refractivity contribution in [2.75, 3.05) is 16.0 Å². The predicted octanol–water partition coefficient (Wildman–Crippen LogP) is 3.39. The van der Waals surface area contributed by atoms with Crippen LogP contribution in [0, 0.1) is 0 Å². The number of rotatable bonds is 0. The van der Waals surface area contributed by atoms with Crippen LogP contribution in [0.5, 0.6) is 0 Å². The Balaban J connectivity index is 1.09. The van der Waals surface area contributed by atoms with Crippen molar-refractivity contribution in [2.24, 2.45) is 0 Å². The number of fused-ring (bicyclic) bond motifs is 4. The van der Waals surface area contributed by atoms with Gasteiger partial charge in [-0.15, -0.1) is 0 Å².